The van der Waals surface area contributed by atoms with Gasteiger partial charge in [0, 0.05) is 4.47 Å². The van der Waals surface area contributed by atoms with Gasteiger partial charge in [0.25, 0.3) is 0 Å². The lowest BCUT2D eigenvalue weighted by Gasteiger charge is -2.17. The zero-order valence-electron chi connectivity index (χ0n) is 10.8. The summed E-state index contributed by atoms with van der Waals surface area (Å²) < 4.78 is 1.10. The number of carboxylic acid groups (broad SMARTS) is 1. The van der Waals surface area contributed by atoms with Crippen molar-refractivity contribution in [3.8, 4) is 0 Å². The van der Waals surface area contributed by atoms with Gasteiger partial charge in [-0.05, 0) is 47.8 Å². The topological polar surface area (TPSA) is 37.3 Å². The van der Waals surface area contributed by atoms with Crippen LogP contribution in [0.3, 0.4) is 0 Å². The highest BCUT2D eigenvalue weighted by Crippen LogP contribution is 2.45. The molecule has 1 aromatic rings. The van der Waals surface area contributed by atoms with E-state index in [1.54, 1.807) is 0 Å². The Labute approximate surface area is 117 Å². The average Bonchev–Trinajstić information content (AvgIpc) is 3.08. The Hall–Kier alpha value is -0.830. The van der Waals surface area contributed by atoms with Gasteiger partial charge in [0.15, 0.2) is 0 Å². The molecule has 1 unspecified atom stereocenters. The SMILES string of the molecule is CC(C)c1ccc(C(CC(=O)O)C2CC2)cc1Br. The van der Waals surface area contributed by atoms with Crippen molar-refractivity contribution in [1.82, 2.24) is 0 Å². The molecular weight excluding hydrogens is 292 g/mol. The van der Waals surface area contributed by atoms with Crippen LogP contribution in [-0.4, -0.2) is 11.1 Å². The molecule has 0 bridgehead atoms. The second-order valence-electron chi connectivity index (χ2n) is 5.48. The summed E-state index contributed by atoms with van der Waals surface area (Å²) >= 11 is 3.60. The average molecular weight is 311 g/mol. The van der Waals surface area contributed by atoms with Gasteiger partial charge in [0.05, 0.1) is 6.42 Å². The monoisotopic (exact) mass is 310 g/mol. The van der Waals surface area contributed by atoms with Gasteiger partial charge in [-0.2, -0.15) is 0 Å². The molecule has 2 rings (SSSR count). The summed E-state index contributed by atoms with van der Waals surface area (Å²) in [6.45, 7) is 4.32. The van der Waals surface area contributed by atoms with Crippen molar-refractivity contribution < 1.29 is 9.90 Å². The van der Waals surface area contributed by atoms with Crippen LogP contribution in [0.4, 0.5) is 0 Å². The van der Waals surface area contributed by atoms with E-state index in [0.717, 1.165) is 10.0 Å². The van der Waals surface area contributed by atoms with Gasteiger partial charge in [-0.3, -0.25) is 4.79 Å². The van der Waals surface area contributed by atoms with Crippen molar-refractivity contribution in [1.29, 1.82) is 0 Å². The standard InChI is InChI=1S/C15H19BrO2/c1-9(2)12-6-5-11(7-14(12)16)13(8-15(17)18)10-3-4-10/h5-7,9-10,13H,3-4,8H2,1-2H3,(H,17,18). The van der Waals surface area contributed by atoms with Crippen LogP contribution < -0.4 is 0 Å². The predicted octanol–water partition coefficient (Wildman–Crippen LogP) is 4.54. The van der Waals surface area contributed by atoms with Crippen molar-refractivity contribution in [3.63, 3.8) is 0 Å². The van der Waals surface area contributed by atoms with E-state index >= 15 is 0 Å². The minimum Gasteiger partial charge on any atom is -0.481 e. The molecule has 0 saturated heterocycles. The summed E-state index contributed by atoms with van der Waals surface area (Å²) in [6, 6.07) is 6.34. The molecule has 3 heteroatoms. The fraction of sp³-hybridized carbons (Fsp3) is 0.533. The van der Waals surface area contributed by atoms with Crippen molar-refractivity contribution >= 4 is 21.9 Å². The molecule has 0 heterocycles. The number of carboxylic acids is 1. The van der Waals surface area contributed by atoms with Crippen LogP contribution in [0.15, 0.2) is 22.7 Å². The number of hydrogen-bond donors (Lipinski definition) is 1. The van der Waals surface area contributed by atoms with Crippen LogP contribution in [0.1, 0.15) is 56.1 Å². The largest absolute Gasteiger partial charge is 0.481 e. The number of halogens is 1. The summed E-state index contributed by atoms with van der Waals surface area (Å²) in [5.41, 5.74) is 2.44. The van der Waals surface area contributed by atoms with Crippen LogP contribution in [-0.2, 0) is 4.79 Å². The molecule has 0 aromatic heterocycles. The second kappa shape index (κ2) is 5.43. The summed E-state index contributed by atoms with van der Waals surface area (Å²) in [4.78, 5) is 11.0. The molecule has 0 spiro atoms. The second-order valence-corrected chi connectivity index (χ2v) is 6.33. The van der Waals surface area contributed by atoms with Gasteiger partial charge in [-0.15, -0.1) is 0 Å². The molecule has 18 heavy (non-hydrogen) atoms. The maximum absolute atomic E-state index is 11.0. The molecule has 1 atom stereocenters. The van der Waals surface area contributed by atoms with Gasteiger partial charge in [0.1, 0.15) is 0 Å². The van der Waals surface area contributed by atoms with Crippen LogP contribution in [0.2, 0.25) is 0 Å². The van der Waals surface area contributed by atoms with Gasteiger partial charge in [-0.25, -0.2) is 0 Å². The third kappa shape index (κ3) is 3.14. The van der Waals surface area contributed by atoms with Gasteiger partial charge in [0.2, 0.25) is 0 Å². The Balaban J connectivity index is 2.25. The first kappa shape index (κ1) is 13.6. The van der Waals surface area contributed by atoms with Crippen molar-refractivity contribution in [2.24, 2.45) is 5.92 Å². The van der Waals surface area contributed by atoms with Crippen LogP contribution >= 0.6 is 15.9 Å². The lowest BCUT2D eigenvalue weighted by atomic mass is 9.89. The molecule has 1 N–H and O–H groups in total. The number of carbonyl (C=O) groups is 1. The van der Waals surface area contributed by atoms with E-state index < -0.39 is 5.97 Å². The molecule has 1 aliphatic rings. The van der Waals surface area contributed by atoms with E-state index in [1.807, 2.05) is 0 Å². The quantitative estimate of drug-likeness (QED) is 0.866. The first-order chi connectivity index (χ1) is 8.49. The molecule has 0 radical (unpaired) electrons. The van der Waals surface area contributed by atoms with Gasteiger partial charge in [-0.1, -0.05) is 41.9 Å². The van der Waals surface area contributed by atoms with Gasteiger partial charge >= 0.3 is 5.97 Å². The molecule has 2 nitrogen and oxygen atoms in total. The Bertz CT molecular complexity index is 450. The summed E-state index contributed by atoms with van der Waals surface area (Å²) in [5, 5.41) is 9.02. The Morgan fingerprint density at radius 2 is 2.11 bits per heavy atom. The fourth-order valence-electron chi connectivity index (χ4n) is 2.49. The third-order valence-electron chi connectivity index (χ3n) is 3.66. The van der Waals surface area contributed by atoms with Crippen LogP contribution in [0.5, 0.6) is 0 Å². The Morgan fingerprint density at radius 3 is 2.56 bits per heavy atom. The van der Waals surface area contributed by atoms with Crippen molar-refractivity contribution in [3.05, 3.63) is 33.8 Å². The van der Waals surface area contributed by atoms with E-state index in [9.17, 15) is 4.79 Å². The van der Waals surface area contributed by atoms with Crippen LogP contribution in [0.25, 0.3) is 0 Å². The van der Waals surface area contributed by atoms with E-state index in [0.29, 0.717) is 11.8 Å². The zero-order chi connectivity index (χ0) is 13.3. The van der Waals surface area contributed by atoms with Crippen molar-refractivity contribution in [2.45, 2.75) is 44.9 Å². The molecule has 1 saturated carbocycles. The molecule has 1 aliphatic carbocycles. The summed E-state index contributed by atoms with van der Waals surface area (Å²) in [7, 11) is 0. The predicted molar refractivity (Wildman–Crippen MR) is 75.9 cm³/mol. The lowest BCUT2D eigenvalue weighted by Crippen LogP contribution is -2.08. The number of rotatable bonds is 5. The maximum atomic E-state index is 11.0. The smallest absolute Gasteiger partial charge is 0.303 e. The summed E-state index contributed by atoms with van der Waals surface area (Å²) in [5.74, 6) is 0.529. The fourth-order valence-corrected chi connectivity index (χ4v) is 3.34. The van der Waals surface area contributed by atoms with Crippen molar-refractivity contribution in [2.75, 3.05) is 0 Å². The minimum atomic E-state index is -0.698. The number of hydrogen-bond acceptors (Lipinski definition) is 1. The first-order valence-corrected chi connectivity index (χ1v) is 7.29. The normalized spacial score (nSPS) is 16.9. The maximum Gasteiger partial charge on any atom is 0.303 e. The summed E-state index contributed by atoms with van der Waals surface area (Å²) in [6.07, 6.45) is 2.58. The lowest BCUT2D eigenvalue weighted by molar-refractivity contribution is -0.137. The van der Waals surface area contributed by atoms with E-state index in [2.05, 4.69) is 48.0 Å². The van der Waals surface area contributed by atoms with Gasteiger partial charge < -0.3 is 5.11 Å². The molecular formula is C15H19BrO2. The van der Waals surface area contributed by atoms with E-state index in [-0.39, 0.29) is 12.3 Å². The van der Waals surface area contributed by atoms with E-state index in [1.165, 1.54) is 18.4 Å². The number of aliphatic carboxylic acids is 1. The third-order valence-corrected chi connectivity index (χ3v) is 4.35. The number of benzene rings is 1. The van der Waals surface area contributed by atoms with Crippen LogP contribution in [0, 0.1) is 5.92 Å². The zero-order valence-corrected chi connectivity index (χ0v) is 12.4. The molecule has 98 valence electrons. The molecule has 1 aromatic carbocycles. The highest BCUT2D eigenvalue weighted by Gasteiger charge is 2.33. The molecule has 1 fully saturated rings. The minimum absolute atomic E-state index is 0.181. The highest BCUT2D eigenvalue weighted by atomic mass is 79.9. The Morgan fingerprint density at radius 1 is 1.44 bits per heavy atom. The highest BCUT2D eigenvalue weighted by molar-refractivity contribution is 9.10. The Kier molecular flexibility index (Phi) is 4.10. The first-order valence-electron chi connectivity index (χ1n) is 6.50. The van der Waals surface area contributed by atoms with E-state index in [4.69, 9.17) is 5.11 Å². The molecule has 0 aliphatic heterocycles. The molecule has 0 amide bonds.